The fourth-order valence-electron chi connectivity index (χ4n) is 1.36. The predicted molar refractivity (Wildman–Crippen MR) is 59.1 cm³/mol. The van der Waals surface area contributed by atoms with Gasteiger partial charge in [0, 0.05) is 7.05 Å². The monoisotopic (exact) mass is 205 g/mol. The highest BCUT2D eigenvalue weighted by atomic mass is 35.5. The van der Waals surface area contributed by atoms with Gasteiger partial charge in [-0.3, -0.25) is 4.90 Å². The summed E-state index contributed by atoms with van der Waals surface area (Å²) in [5, 5.41) is 0. The molecule has 14 heavy (non-hydrogen) atoms. The molecule has 1 aromatic carbocycles. The van der Waals surface area contributed by atoms with Gasteiger partial charge in [0.05, 0.1) is 11.8 Å². The van der Waals surface area contributed by atoms with Crippen LogP contribution in [-0.4, -0.2) is 17.6 Å². The van der Waals surface area contributed by atoms with Crippen molar-refractivity contribution in [3.8, 4) is 6.07 Å². The van der Waals surface area contributed by atoms with Crippen molar-refractivity contribution in [1.82, 2.24) is 4.90 Å². The van der Waals surface area contributed by atoms with E-state index < -0.39 is 0 Å². The first kappa shape index (κ1) is 9.11. The van der Waals surface area contributed by atoms with Crippen LogP contribution in [0.1, 0.15) is 5.56 Å². The smallest absolute Gasteiger partial charge is 0.288 e. The number of alkyl halides is 1. The van der Waals surface area contributed by atoms with E-state index >= 15 is 0 Å². The van der Waals surface area contributed by atoms with Gasteiger partial charge in [-0.25, -0.2) is 0 Å². The third-order valence-electron chi connectivity index (χ3n) is 2.15. The lowest BCUT2D eigenvalue weighted by molar-refractivity contribution is 0.491. The molecule has 0 aliphatic carbocycles. The molecule has 1 atom stereocenters. The topological polar surface area (TPSA) is 7.60 Å². The molecule has 1 aromatic rings. The van der Waals surface area contributed by atoms with Gasteiger partial charge >= 0.3 is 11.7 Å². The minimum Gasteiger partial charge on any atom is -0.288 e. The van der Waals surface area contributed by atoms with E-state index in [2.05, 4.69) is 10.9 Å². The number of allylic oxidation sites excluding steroid dienone is 1. The van der Waals surface area contributed by atoms with Crippen molar-refractivity contribution in [2.75, 3.05) is 7.05 Å². The maximum atomic E-state index is 5.97. The summed E-state index contributed by atoms with van der Waals surface area (Å²) in [5.41, 5.74) is 1.82. The van der Waals surface area contributed by atoms with Crippen LogP contribution in [0.2, 0.25) is 0 Å². The van der Waals surface area contributed by atoms with Gasteiger partial charge in [-0.05, 0) is 22.0 Å². The van der Waals surface area contributed by atoms with Gasteiger partial charge in [0.15, 0.2) is 0 Å². The summed E-state index contributed by atoms with van der Waals surface area (Å²) in [7, 11) is 1.92. The molecule has 1 aliphatic rings. The first-order valence-electron chi connectivity index (χ1n) is 4.37. The van der Waals surface area contributed by atoms with Crippen LogP contribution >= 0.6 is 11.6 Å². The minimum absolute atomic E-state index is 0.352. The molecular weight excluding hydrogens is 196 g/mol. The fourth-order valence-corrected chi connectivity index (χ4v) is 1.52. The molecule has 0 saturated heterocycles. The fraction of sp³-hybridized carbons (Fsp3) is 0.182. The molecule has 70 valence electrons. The van der Waals surface area contributed by atoms with E-state index in [9.17, 15) is 0 Å². The average Bonchev–Trinajstić information content (AvgIpc) is 2.23. The molecule has 0 aromatic heterocycles. The standard InChI is InChI=1S/C11H10ClN2/c1-14-10(7-8-13-11(14)12)9-5-3-2-4-6-9/h2-7,11H,1H3/q+1. The molecule has 0 fully saturated rings. The predicted octanol–water partition coefficient (Wildman–Crippen LogP) is 2.83. The summed E-state index contributed by atoms with van der Waals surface area (Å²) in [4.78, 5) is 5.86. The van der Waals surface area contributed by atoms with Crippen molar-refractivity contribution < 1.29 is 0 Å². The van der Waals surface area contributed by atoms with Crippen LogP contribution in [0.25, 0.3) is 10.5 Å². The Morgan fingerprint density at radius 1 is 1.36 bits per heavy atom. The third-order valence-corrected chi connectivity index (χ3v) is 2.54. The lowest BCUT2D eigenvalue weighted by Crippen LogP contribution is -2.24. The van der Waals surface area contributed by atoms with Crippen molar-refractivity contribution in [2.24, 2.45) is 0 Å². The molecular formula is C11H10ClN2+. The Bertz CT molecular complexity index is 414. The van der Waals surface area contributed by atoms with Crippen LogP contribution in [0.15, 0.2) is 36.4 Å². The van der Waals surface area contributed by atoms with Gasteiger partial charge in [-0.1, -0.05) is 30.3 Å². The highest BCUT2D eigenvalue weighted by molar-refractivity contribution is 6.21. The van der Waals surface area contributed by atoms with E-state index in [4.69, 9.17) is 11.6 Å². The molecule has 3 heteroatoms. The highest BCUT2D eigenvalue weighted by Crippen LogP contribution is 2.24. The third kappa shape index (κ3) is 1.59. The van der Waals surface area contributed by atoms with Gasteiger partial charge in [0.2, 0.25) is 0 Å². The quantitative estimate of drug-likeness (QED) is 0.506. The van der Waals surface area contributed by atoms with Gasteiger partial charge < -0.3 is 0 Å². The second-order valence-corrected chi connectivity index (χ2v) is 3.47. The molecule has 0 N–H and O–H groups in total. The average molecular weight is 206 g/mol. The number of rotatable bonds is 1. The number of benzene rings is 1. The minimum atomic E-state index is -0.352. The first-order chi connectivity index (χ1) is 6.79. The Morgan fingerprint density at radius 3 is 2.79 bits per heavy atom. The van der Waals surface area contributed by atoms with Crippen molar-refractivity contribution >= 4 is 17.3 Å². The van der Waals surface area contributed by atoms with E-state index in [1.807, 2.05) is 48.4 Å². The van der Waals surface area contributed by atoms with E-state index in [0.29, 0.717) is 0 Å². The summed E-state index contributed by atoms with van der Waals surface area (Å²) < 4.78 is 0. The zero-order valence-electron chi connectivity index (χ0n) is 7.81. The van der Waals surface area contributed by atoms with Crippen LogP contribution in [0, 0.1) is 6.07 Å². The zero-order chi connectivity index (χ0) is 9.97. The summed E-state index contributed by atoms with van der Waals surface area (Å²) in [6.07, 6.45) is 1.84. The summed E-state index contributed by atoms with van der Waals surface area (Å²) in [5.74, 6) is 0. The maximum Gasteiger partial charge on any atom is 0.425 e. The largest absolute Gasteiger partial charge is 0.425 e. The molecule has 0 spiro atoms. The van der Waals surface area contributed by atoms with Gasteiger partial charge in [0.25, 0.3) is 0 Å². The number of hydrogen-bond donors (Lipinski definition) is 0. The number of nitrogens with zero attached hydrogens (tertiary/aromatic N) is 2. The Hall–Kier alpha value is -1.46. The lowest BCUT2D eigenvalue weighted by atomic mass is 10.1. The van der Waals surface area contributed by atoms with Gasteiger partial charge in [-0.15, -0.1) is 0 Å². The summed E-state index contributed by atoms with van der Waals surface area (Å²) in [6, 6.07) is 12.9. The van der Waals surface area contributed by atoms with Crippen molar-refractivity contribution in [2.45, 2.75) is 5.62 Å². The summed E-state index contributed by atoms with van der Waals surface area (Å²) in [6.45, 7) is 0. The second kappa shape index (κ2) is 3.73. The molecule has 0 bridgehead atoms. The number of hydrogen-bond acceptors (Lipinski definition) is 1. The molecule has 0 saturated carbocycles. The van der Waals surface area contributed by atoms with Gasteiger partial charge in [-0.2, -0.15) is 0 Å². The van der Waals surface area contributed by atoms with E-state index in [1.54, 1.807) is 0 Å². The zero-order valence-corrected chi connectivity index (χ0v) is 8.57. The number of halogens is 1. The molecule has 1 aliphatic heterocycles. The van der Waals surface area contributed by atoms with Crippen LogP contribution < -0.4 is 0 Å². The van der Waals surface area contributed by atoms with E-state index in [0.717, 1.165) is 11.3 Å². The van der Waals surface area contributed by atoms with Crippen LogP contribution in [0.4, 0.5) is 0 Å². The Kier molecular flexibility index (Phi) is 2.43. The molecule has 0 amide bonds. The summed E-state index contributed by atoms with van der Waals surface area (Å²) >= 11 is 5.97. The second-order valence-electron chi connectivity index (χ2n) is 3.08. The molecule has 1 heterocycles. The molecule has 2 nitrogen and oxygen atoms in total. The normalized spacial score (nSPS) is 19.7. The Balaban J connectivity index is 2.38. The van der Waals surface area contributed by atoms with Crippen LogP contribution in [0.5, 0.6) is 0 Å². The van der Waals surface area contributed by atoms with Crippen molar-refractivity contribution in [3.63, 3.8) is 0 Å². The lowest BCUT2D eigenvalue weighted by Gasteiger charge is -2.18. The van der Waals surface area contributed by atoms with Crippen molar-refractivity contribution in [1.29, 1.82) is 0 Å². The maximum absolute atomic E-state index is 5.97. The SMILES string of the molecule is CN1C(c2ccccc2)=CC#[N+]C1Cl. The van der Waals surface area contributed by atoms with Crippen LogP contribution in [-0.2, 0) is 0 Å². The van der Waals surface area contributed by atoms with E-state index in [-0.39, 0.29) is 5.62 Å². The van der Waals surface area contributed by atoms with Crippen LogP contribution in [0.3, 0.4) is 0 Å². The first-order valence-corrected chi connectivity index (χ1v) is 4.80. The molecule has 1 unspecified atom stereocenters. The van der Waals surface area contributed by atoms with Gasteiger partial charge in [0.1, 0.15) is 0 Å². The highest BCUT2D eigenvalue weighted by Gasteiger charge is 2.25. The molecule has 0 radical (unpaired) electrons. The Labute approximate surface area is 88.2 Å². The van der Waals surface area contributed by atoms with Crippen molar-refractivity contribution in [3.05, 3.63) is 46.8 Å². The molecule has 2 rings (SSSR count). The Morgan fingerprint density at radius 2 is 2.07 bits per heavy atom. The van der Waals surface area contributed by atoms with E-state index in [1.165, 1.54) is 0 Å².